The number of benzene rings is 3. The first-order valence-electron chi connectivity index (χ1n) is 10.9. The normalized spacial score (nSPS) is 13.8. The molecule has 6 nitrogen and oxygen atoms in total. The highest BCUT2D eigenvalue weighted by molar-refractivity contribution is 7.67. The highest BCUT2D eigenvalue weighted by Gasteiger charge is 2.39. The van der Waals surface area contributed by atoms with Crippen LogP contribution in [0.25, 0.3) is 0 Å². The van der Waals surface area contributed by atoms with Crippen molar-refractivity contribution in [2.75, 3.05) is 38.5 Å². The average Bonchev–Trinajstić information content (AvgIpc) is 2.82. The summed E-state index contributed by atoms with van der Waals surface area (Å²) in [7, 11) is 3.68. The zero-order valence-corrected chi connectivity index (χ0v) is 21.0. The highest BCUT2D eigenvalue weighted by Crippen LogP contribution is 2.60. The van der Waals surface area contributed by atoms with E-state index in [1.54, 1.807) is 14.2 Å². The van der Waals surface area contributed by atoms with Gasteiger partial charge in [-0.15, -0.1) is 0 Å². The Bertz CT molecular complexity index is 1090. The van der Waals surface area contributed by atoms with E-state index in [1.165, 1.54) is 0 Å². The minimum absolute atomic E-state index is 0.246. The Balaban J connectivity index is 2.18. The van der Waals surface area contributed by atoms with Crippen LogP contribution in [0, 0.1) is 0 Å². The molecule has 0 fully saturated rings. The minimum Gasteiger partial charge on any atom is -0.493 e. The quantitative estimate of drug-likeness (QED) is 0.373. The number of methoxy groups -OCH3 is 2. The third-order valence-corrected chi connectivity index (χ3v) is 8.09. The number of hydrogen-bond donors (Lipinski definition) is 1. The summed E-state index contributed by atoms with van der Waals surface area (Å²) in [5, 5.41) is 4.11. The summed E-state index contributed by atoms with van der Waals surface area (Å²) in [4.78, 5) is 2.01. The topological polar surface area (TPSA) is 60.0 Å². The molecule has 3 aromatic carbocycles. The van der Waals surface area contributed by atoms with Crippen molar-refractivity contribution in [1.82, 2.24) is 0 Å². The van der Waals surface area contributed by atoms with Crippen LogP contribution in [0.5, 0.6) is 11.5 Å². The largest absolute Gasteiger partial charge is 0.493 e. The van der Waals surface area contributed by atoms with Gasteiger partial charge in [-0.2, -0.15) is 0 Å². The summed E-state index contributed by atoms with van der Waals surface area (Å²) in [5.41, 5.74) is 2.64. The predicted molar refractivity (Wildman–Crippen MR) is 137 cm³/mol. The lowest BCUT2D eigenvalue weighted by molar-refractivity contribution is 0.245. The summed E-state index contributed by atoms with van der Waals surface area (Å²) < 4.78 is 32.0. The zero-order valence-electron chi connectivity index (χ0n) is 20.1. The first-order valence-corrected chi connectivity index (χ1v) is 12.6. The van der Waals surface area contributed by atoms with E-state index in [-0.39, 0.29) is 6.10 Å². The number of anilines is 2. The lowest BCUT2D eigenvalue weighted by atomic mass is 10.2. The summed E-state index contributed by atoms with van der Waals surface area (Å²) in [6.07, 6.45) is -0.246. The van der Waals surface area contributed by atoms with E-state index in [0.29, 0.717) is 16.8 Å². The van der Waals surface area contributed by atoms with Crippen molar-refractivity contribution in [3.05, 3.63) is 78.4 Å². The molecular weight excluding hydrogens is 435 g/mol. The molecule has 0 aliphatic carbocycles. The molecule has 0 aliphatic rings. The van der Waals surface area contributed by atoms with Crippen molar-refractivity contribution in [1.29, 1.82) is 0 Å². The Labute approximate surface area is 196 Å². The number of para-hydroxylation sites is 1. The SMILES string of the molecule is COc1ccc(C(Nc2ccccc2)P(=O)(OC(C)C)c2ccc(N(C)C)cc2)cc1OC. The molecule has 3 aromatic rings. The van der Waals surface area contributed by atoms with E-state index in [9.17, 15) is 4.57 Å². The van der Waals surface area contributed by atoms with Crippen LogP contribution in [0.2, 0.25) is 0 Å². The van der Waals surface area contributed by atoms with Crippen LogP contribution in [0.1, 0.15) is 25.2 Å². The van der Waals surface area contributed by atoms with Crippen LogP contribution in [-0.4, -0.2) is 34.4 Å². The van der Waals surface area contributed by atoms with Crippen molar-refractivity contribution in [2.45, 2.75) is 25.7 Å². The molecular formula is C26H33N2O4P. The molecule has 0 aliphatic heterocycles. The number of rotatable bonds is 10. The fourth-order valence-electron chi connectivity index (χ4n) is 3.62. The lowest BCUT2D eigenvalue weighted by Gasteiger charge is -2.31. The van der Waals surface area contributed by atoms with Crippen molar-refractivity contribution < 1.29 is 18.6 Å². The van der Waals surface area contributed by atoms with E-state index in [4.69, 9.17) is 14.0 Å². The standard InChI is InChI=1S/C26H33N2O4P/c1-19(2)32-33(29,23-15-13-22(14-16-23)28(3)4)26(27-21-10-8-7-9-11-21)20-12-17-24(30-5)25(18-20)31-6/h7-19,26-27H,1-6H3. The molecule has 0 bridgehead atoms. The van der Waals surface area contributed by atoms with Gasteiger partial charge in [0, 0.05) is 30.8 Å². The summed E-state index contributed by atoms with van der Waals surface area (Å²) in [5.74, 6) is 0.524. The highest BCUT2D eigenvalue weighted by atomic mass is 31.2. The maximum Gasteiger partial charge on any atom is 0.258 e. The number of nitrogens with zero attached hydrogens (tertiary/aromatic N) is 1. The summed E-state index contributed by atoms with van der Waals surface area (Å²) in [6, 6.07) is 23.0. The molecule has 0 radical (unpaired) electrons. The Morgan fingerprint density at radius 2 is 1.48 bits per heavy atom. The van der Waals surface area contributed by atoms with Crippen LogP contribution < -0.4 is 25.0 Å². The lowest BCUT2D eigenvalue weighted by Crippen LogP contribution is -2.23. The Morgan fingerprint density at radius 1 is 0.848 bits per heavy atom. The van der Waals surface area contributed by atoms with Crippen LogP contribution in [0.4, 0.5) is 11.4 Å². The van der Waals surface area contributed by atoms with E-state index >= 15 is 0 Å². The smallest absolute Gasteiger partial charge is 0.258 e. The summed E-state index contributed by atoms with van der Waals surface area (Å²) >= 11 is 0. The second-order valence-electron chi connectivity index (χ2n) is 8.19. The molecule has 0 saturated carbocycles. The van der Waals surface area contributed by atoms with Gasteiger partial charge in [-0.05, 0) is 67.9 Å². The fraction of sp³-hybridized carbons (Fsp3) is 0.308. The van der Waals surface area contributed by atoms with Gasteiger partial charge in [0.05, 0.1) is 20.3 Å². The monoisotopic (exact) mass is 468 g/mol. The van der Waals surface area contributed by atoms with E-state index in [1.807, 2.05) is 106 Å². The molecule has 1 N–H and O–H groups in total. The molecule has 3 rings (SSSR count). The van der Waals surface area contributed by atoms with Gasteiger partial charge >= 0.3 is 0 Å². The van der Waals surface area contributed by atoms with Gasteiger partial charge in [-0.1, -0.05) is 24.3 Å². The Kier molecular flexibility index (Phi) is 8.06. The third kappa shape index (κ3) is 5.70. The van der Waals surface area contributed by atoms with Gasteiger partial charge in [0.2, 0.25) is 0 Å². The van der Waals surface area contributed by atoms with Crippen molar-refractivity contribution in [2.24, 2.45) is 0 Å². The third-order valence-electron chi connectivity index (χ3n) is 5.23. The van der Waals surface area contributed by atoms with Crippen LogP contribution >= 0.6 is 7.37 Å². The molecule has 2 unspecified atom stereocenters. The molecule has 0 amide bonds. The predicted octanol–water partition coefficient (Wildman–Crippen LogP) is 5.91. The molecule has 176 valence electrons. The Hall–Kier alpha value is -2.95. The van der Waals surface area contributed by atoms with E-state index in [2.05, 4.69) is 5.32 Å². The molecule has 0 saturated heterocycles. The molecule has 7 heteroatoms. The van der Waals surface area contributed by atoms with Crippen LogP contribution in [0.3, 0.4) is 0 Å². The Morgan fingerprint density at radius 3 is 2.03 bits per heavy atom. The molecule has 0 heterocycles. The summed E-state index contributed by atoms with van der Waals surface area (Å²) in [6.45, 7) is 3.80. The van der Waals surface area contributed by atoms with Gasteiger partial charge < -0.3 is 24.2 Å². The maximum absolute atomic E-state index is 14.8. The van der Waals surface area contributed by atoms with Crippen molar-refractivity contribution in [3.63, 3.8) is 0 Å². The van der Waals surface area contributed by atoms with Crippen LogP contribution in [-0.2, 0) is 9.09 Å². The number of nitrogens with one attached hydrogen (secondary N) is 1. The first kappa shape index (κ1) is 24.7. The van der Waals surface area contributed by atoms with E-state index in [0.717, 1.165) is 16.9 Å². The van der Waals surface area contributed by atoms with Gasteiger partial charge in [0.1, 0.15) is 5.78 Å². The van der Waals surface area contributed by atoms with Gasteiger partial charge in [0.25, 0.3) is 7.37 Å². The van der Waals surface area contributed by atoms with Gasteiger partial charge in [-0.25, -0.2) is 0 Å². The second-order valence-corrected chi connectivity index (χ2v) is 10.6. The first-order chi connectivity index (χ1) is 15.8. The molecule has 0 aromatic heterocycles. The van der Waals surface area contributed by atoms with E-state index < -0.39 is 13.2 Å². The maximum atomic E-state index is 14.8. The van der Waals surface area contributed by atoms with Crippen molar-refractivity contribution >= 4 is 24.0 Å². The molecule has 2 atom stereocenters. The average molecular weight is 469 g/mol. The fourth-order valence-corrected chi connectivity index (χ4v) is 6.23. The molecule has 33 heavy (non-hydrogen) atoms. The van der Waals surface area contributed by atoms with Crippen LogP contribution in [0.15, 0.2) is 72.8 Å². The second kappa shape index (κ2) is 10.8. The van der Waals surface area contributed by atoms with Gasteiger partial charge in [0.15, 0.2) is 11.5 Å². The van der Waals surface area contributed by atoms with Gasteiger partial charge in [-0.3, -0.25) is 4.57 Å². The minimum atomic E-state index is -3.46. The zero-order chi connectivity index (χ0) is 24.0. The van der Waals surface area contributed by atoms with Crippen molar-refractivity contribution in [3.8, 4) is 11.5 Å². The molecule has 0 spiro atoms. The number of ether oxygens (including phenoxy) is 2. The number of hydrogen-bond acceptors (Lipinski definition) is 6.